The SMILES string of the molecule is Cc1cc(C(=O)O)ccc1NC(=O)COc1ccccc1. The first-order valence-electron chi connectivity index (χ1n) is 6.38. The zero-order chi connectivity index (χ0) is 15.2. The van der Waals surface area contributed by atoms with Gasteiger partial charge in [0, 0.05) is 5.69 Å². The van der Waals surface area contributed by atoms with Gasteiger partial charge in [0.25, 0.3) is 5.91 Å². The highest BCUT2D eigenvalue weighted by atomic mass is 16.5. The lowest BCUT2D eigenvalue weighted by atomic mass is 10.1. The van der Waals surface area contributed by atoms with Gasteiger partial charge in [0.15, 0.2) is 6.61 Å². The normalized spacial score (nSPS) is 9.95. The van der Waals surface area contributed by atoms with E-state index < -0.39 is 5.97 Å². The number of carboxylic acids is 1. The Morgan fingerprint density at radius 3 is 2.48 bits per heavy atom. The van der Waals surface area contributed by atoms with Crippen LogP contribution in [0.15, 0.2) is 48.5 Å². The van der Waals surface area contributed by atoms with Gasteiger partial charge in [-0.2, -0.15) is 0 Å². The molecule has 0 bridgehead atoms. The smallest absolute Gasteiger partial charge is 0.335 e. The summed E-state index contributed by atoms with van der Waals surface area (Å²) in [5.41, 5.74) is 1.44. The van der Waals surface area contributed by atoms with Crippen LogP contribution in [0.5, 0.6) is 5.75 Å². The van der Waals surface area contributed by atoms with Crippen LogP contribution in [0.1, 0.15) is 15.9 Å². The third-order valence-electron chi connectivity index (χ3n) is 2.86. The summed E-state index contributed by atoms with van der Waals surface area (Å²) in [5.74, 6) is -0.681. The van der Waals surface area contributed by atoms with E-state index in [1.807, 2.05) is 18.2 Å². The van der Waals surface area contributed by atoms with Gasteiger partial charge in [-0.15, -0.1) is 0 Å². The van der Waals surface area contributed by atoms with Crippen LogP contribution in [-0.2, 0) is 4.79 Å². The topological polar surface area (TPSA) is 75.6 Å². The Labute approximate surface area is 122 Å². The molecule has 0 spiro atoms. The Hall–Kier alpha value is -2.82. The van der Waals surface area contributed by atoms with Gasteiger partial charge in [-0.3, -0.25) is 4.79 Å². The number of nitrogens with one attached hydrogen (secondary N) is 1. The number of amides is 1. The van der Waals surface area contributed by atoms with Crippen molar-refractivity contribution < 1.29 is 19.4 Å². The lowest BCUT2D eigenvalue weighted by Crippen LogP contribution is -2.20. The molecular formula is C16H15NO4. The highest BCUT2D eigenvalue weighted by molar-refractivity contribution is 5.94. The van der Waals surface area contributed by atoms with E-state index >= 15 is 0 Å². The lowest BCUT2D eigenvalue weighted by molar-refractivity contribution is -0.118. The molecule has 2 aromatic carbocycles. The molecule has 5 heteroatoms. The number of carbonyl (C=O) groups excluding carboxylic acids is 1. The van der Waals surface area contributed by atoms with Gasteiger partial charge in [0.05, 0.1) is 5.56 Å². The molecule has 0 aromatic heterocycles. The molecule has 0 unspecified atom stereocenters. The van der Waals surface area contributed by atoms with E-state index in [4.69, 9.17) is 9.84 Å². The molecule has 0 aliphatic rings. The van der Waals surface area contributed by atoms with E-state index in [9.17, 15) is 9.59 Å². The molecule has 5 nitrogen and oxygen atoms in total. The fraction of sp³-hybridized carbons (Fsp3) is 0.125. The number of hydrogen-bond acceptors (Lipinski definition) is 3. The summed E-state index contributed by atoms with van der Waals surface area (Å²) in [6, 6.07) is 13.6. The van der Waals surface area contributed by atoms with Crippen LogP contribution in [0.25, 0.3) is 0 Å². The molecule has 0 saturated carbocycles. The number of rotatable bonds is 5. The lowest BCUT2D eigenvalue weighted by Gasteiger charge is -2.10. The van der Waals surface area contributed by atoms with Crippen LogP contribution in [-0.4, -0.2) is 23.6 Å². The predicted octanol–water partition coefficient (Wildman–Crippen LogP) is 2.71. The van der Waals surface area contributed by atoms with Crippen molar-refractivity contribution in [3.05, 3.63) is 59.7 Å². The molecule has 2 N–H and O–H groups in total. The maximum absolute atomic E-state index is 11.8. The quantitative estimate of drug-likeness (QED) is 0.885. The maximum Gasteiger partial charge on any atom is 0.335 e. The second kappa shape index (κ2) is 6.56. The molecule has 0 saturated heterocycles. The summed E-state index contributed by atoms with van der Waals surface area (Å²) in [6.07, 6.45) is 0. The van der Waals surface area contributed by atoms with E-state index in [0.29, 0.717) is 17.0 Å². The Kier molecular flexibility index (Phi) is 4.56. The molecule has 21 heavy (non-hydrogen) atoms. The highest BCUT2D eigenvalue weighted by Gasteiger charge is 2.09. The van der Waals surface area contributed by atoms with Crippen molar-refractivity contribution in [2.24, 2.45) is 0 Å². The second-order valence-electron chi connectivity index (χ2n) is 4.48. The van der Waals surface area contributed by atoms with E-state index in [1.54, 1.807) is 25.1 Å². The molecule has 0 radical (unpaired) electrons. The number of para-hydroxylation sites is 1. The Balaban J connectivity index is 1.95. The molecule has 0 aliphatic heterocycles. The van der Waals surface area contributed by atoms with Crippen molar-refractivity contribution >= 4 is 17.6 Å². The summed E-state index contributed by atoms with van der Waals surface area (Å²) in [7, 11) is 0. The predicted molar refractivity (Wildman–Crippen MR) is 78.7 cm³/mol. The summed E-state index contributed by atoms with van der Waals surface area (Å²) in [4.78, 5) is 22.6. The van der Waals surface area contributed by atoms with Crippen molar-refractivity contribution in [3.63, 3.8) is 0 Å². The zero-order valence-electron chi connectivity index (χ0n) is 11.5. The Morgan fingerprint density at radius 1 is 1.14 bits per heavy atom. The van der Waals surface area contributed by atoms with E-state index in [1.165, 1.54) is 12.1 Å². The number of hydrogen-bond donors (Lipinski definition) is 2. The summed E-state index contributed by atoms with van der Waals surface area (Å²) in [5, 5.41) is 11.6. The number of carbonyl (C=O) groups is 2. The van der Waals surface area contributed by atoms with Gasteiger partial charge in [0.2, 0.25) is 0 Å². The average Bonchev–Trinajstić information content (AvgIpc) is 2.48. The van der Waals surface area contributed by atoms with E-state index in [-0.39, 0.29) is 18.1 Å². The van der Waals surface area contributed by atoms with Crippen molar-refractivity contribution in [2.45, 2.75) is 6.92 Å². The van der Waals surface area contributed by atoms with Gasteiger partial charge in [0.1, 0.15) is 5.75 Å². The molecule has 0 fully saturated rings. The molecule has 1 amide bonds. The van der Waals surface area contributed by atoms with Crippen LogP contribution in [0.2, 0.25) is 0 Å². The van der Waals surface area contributed by atoms with Crippen LogP contribution in [0.4, 0.5) is 5.69 Å². The molecule has 0 heterocycles. The fourth-order valence-electron chi connectivity index (χ4n) is 1.79. The van der Waals surface area contributed by atoms with E-state index in [2.05, 4.69) is 5.32 Å². The van der Waals surface area contributed by atoms with Crippen LogP contribution in [0.3, 0.4) is 0 Å². The number of aromatic carboxylic acids is 1. The minimum Gasteiger partial charge on any atom is -0.484 e. The molecule has 2 rings (SSSR count). The summed E-state index contributed by atoms with van der Waals surface area (Å²) in [6.45, 7) is 1.63. The second-order valence-corrected chi connectivity index (χ2v) is 4.48. The van der Waals surface area contributed by atoms with Gasteiger partial charge in [-0.05, 0) is 42.8 Å². The van der Waals surface area contributed by atoms with Crippen LogP contribution < -0.4 is 10.1 Å². The van der Waals surface area contributed by atoms with Crippen LogP contribution in [0, 0.1) is 6.92 Å². The number of benzene rings is 2. The van der Waals surface area contributed by atoms with Crippen molar-refractivity contribution in [1.29, 1.82) is 0 Å². The average molecular weight is 285 g/mol. The van der Waals surface area contributed by atoms with Crippen molar-refractivity contribution in [2.75, 3.05) is 11.9 Å². The van der Waals surface area contributed by atoms with Gasteiger partial charge < -0.3 is 15.2 Å². The molecule has 108 valence electrons. The Morgan fingerprint density at radius 2 is 1.86 bits per heavy atom. The monoisotopic (exact) mass is 285 g/mol. The molecule has 0 atom stereocenters. The number of aryl methyl sites for hydroxylation is 1. The zero-order valence-corrected chi connectivity index (χ0v) is 11.5. The van der Waals surface area contributed by atoms with Gasteiger partial charge >= 0.3 is 5.97 Å². The van der Waals surface area contributed by atoms with E-state index in [0.717, 1.165) is 0 Å². The third kappa shape index (κ3) is 4.07. The molecule has 0 aliphatic carbocycles. The van der Waals surface area contributed by atoms with Crippen LogP contribution >= 0.6 is 0 Å². The van der Waals surface area contributed by atoms with Gasteiger partial charge in [-0.25, -0.2) is 4.79 Å². The minimum absolute atomic E-state index is 0.107. The number of ether oxygens (including phenoxy) is 1. The summed E-state index contributed by atoms with van der Waals surface area (Å²) < 4.78 is 5.34. The molecular weight excluding hydrogens is 270 g/mol. The summed E-state index contributed by atoms with van der Waals surface area (Å²) >= 11 is 0. The van der Waals surface area contributed by atoms with Crippen molar-refractivity contribution in [3.8, 4) is 5.75 Å². The third-order valence-corrected chi connectivity index (χ3v) is 2.86. The fourth-order valence-corrected chi connectivity index (χ4v) is 1.79. The first kappa shape index (κ1) is 14.6. The first-order chi connectivity index (χ1) is 10.1. The molecule has 2 aromatic rings. The Bertz CT molecular complexity index is 653. The maximum atomic E-state index is 11.8. The number of anilines is 1. The van der Waals surface area contributed by atoms with Gasteiger partial charge in [-0.1, -0.05) is 18.2 Å². The highest BCUT2D eigenvalue weighted by Crippen LogP contribution is 2.16. The van der Waals surface area contributed by atoms with Crippen molar-refractivity contribution in [1.82, 2.24) is 0 Å². The minimum atomic E-state index is -0.997. The first-order valence-corrected chi connectivity index (χ1v) is 6.38. The standard InChI is InChI=1S/C16H15NO4/c1-11-9-12(16(19)20)7-8-14(11)17-15(18)10-21-13-5-3-2-4-6-13/h2-9H,10H2,1H3,(H,17,18)(H,19,20). The largest absolute Gasteiger partial charge is 0.484 e. The number of carboxylic acid groups (broad SMARTS) is 1.